The van der Waals surface area contributed by atoms with E-state index in [2.05, 4.69) is 50.9 Å². The molecule has 0 aliphatic rings. The van der Waals surface area contributed by atoms with Crippen molar-refractivity contribution in [1.29, 1.82) is 0 Å². The van der Waals surface area contributed by atoms with Gasteiger partial charge in [0, 0.05) is 5.57 Å². The zero-order chi connectivity index (χ0) is 21.4. The summed E-state index contributed by atoms with van der Waals surface area (Å²) in [6.07, 6.45) is 4.20. The second-order valence-corrected chi connectivity index (χ2v) is 8.44. The van der Waals surface area contributed by atoms with Gasteiger partial charge in [0.25, 0.3) is 0 Å². The average molecular weight is 411 g/mol. The molecule has 0 amide bonds. The molecular formula is C21H34F4OS. The molecule has 0 radical (unpaired) electrons. The lowest BCUT2D eigenvalue weighted by atomic mass is 9.82. The van der Waals surface area contributed by atoms with Crippen molar-refractivity contribution in [3.8, 4) is 0 Å². The lowest BCUT2D eigenvalue weighted by molar-refractivity contribution is -0.185. The molecule has 27 heavy (non-hydrogen) atoms. The molecule has 0 aliphatic heterocycles. The minimum atomic E-state index is -4.52. The minimum absolute atomic E-state index is 0.298. The standard InChI is InChI=1S/C21H34F4OS/c1-8-13-26-19(7)21(24,25)20(22,23)18(6)16(4)10-9-14(2)15(3)11-12-17(5)27/h8,14-17,27H,1,6-7,9-13H2,2-5H3. The van der Waals surface area contributed by atoms with Crippen LogP contribution in [-0.2, 0) is 4.74 Å². The van der Waals surface area contributed by atoms with Gasteiger partial charge < -0.3 is 4.74 Å². The summed E-state index contributed by atoms with van der Waals surface area (Å²) < 4.78 is 61.7. The summed E-state index contributed by atoms with van der Waals surface area (Å²) >= 11 is 4.36. The van der Waals surface area contributed by atoms with E-state index in [1.54, 1.807) is 0 Å². The van der Waals surface area contributed by atoms with E-state index in [1.807, 2.05) is 6.92 Å². The van der Waals surface area contributed by atoms with Crippen LogP contribution in [0.3, 0.4) is 0 Å². The van der Waals surface area contributed by atoms with Gasteiger partial charge in [0.15, 0.2) is 5.76 Å². The van der Waals surface area contributed by atoms with E-state index in [0.29, 0.717) is 29.9 Å². The van der Waals surface area contributed by atoms with Crippen molar-refractivity contribution in [2.24, 2.45) is 17.8 Å². The zero-order valence-corrected chi connectivity index (χ0v) is 17.8. The third-order valence-corrected chi connectivity index (χ3v) is 5.44. The SMILES string of the molecule is C=CCOC(=C)C(F)(F)C(F)(F)C(=C)C(C)CCC(C)C(C)CCC(C)S. The van der Waals surface area contributed by atoms with E-state index in [4.69, 9.17) is 0 Å². The third kappa shape index (κ3) is 7.55. The monoisotopic (exact) mass is 410 g/mol. The summed E-state index contributed by atoms with van der Waals surface area (Å²) in [7, 11) is 0. The van der Waals surface area contributed by atoms with Crippen LogP contribution < -0.4 is 0 Å². The van der Waals surface area contributed by atoms with Crippen LogP contribution in [0.4, 0.5) is 17.6 Å². The quantitative estimate of drug-likeness (QED) is 0.137. The maximum absolute atomic E-state index is 14.4. The van der Waals surface area contributed by atoms with E-state index in [9.17, 15) is 17.6 Å². The number of halogens is 4. The first-order valence-electron chi connectivity index (χ1n) is 9.34. The van der Waals surface area contributed by atoms with Crippen LogP contribution in [0.2, 0.25) is 0 Å². The lowest BCUT2D eigenvalue weighted by Gasteiger charge is -2.32. The van der Waals surface area contributed by atoms with E-state index < -0.39 is 29.1 Å². The number of hydrogen-bond acceptors (Lipinski definition) is 2. The van der Waals surface area contributed by atoms with Gasteiger partial charge in [0.2, 0.25) is 0 Å². The van der Waals surface area contributed by atoms with Crippen LogP contribution in [0.15, 0.2) is 37.1 Å². The molecule has 0 aromatic heterocycles. The maximum Gasteiger partial charge on any atom is 0.369 e. The number of allylic oxidation sites excluding steroid dienone is 2. The molecule has 6 heteroatoms. The highest BCUT2D eigenvalue weighted by molar-refractivity contribution is 7.80. The summed E-state index contributed by atoms with van der Waals surface area (Å²) in [5.74, 6) is -10.3. The molecule has 0 rings (SSSR count). The molecule has 0 saturated carbocycles. The fraction of sp³-hybridized carbons (Fsp3) is 0.714. The predicted octanol–water partition coefficient (Wildman–Crippen LogP) is 7.32. The molecule has 0 N–H and O–H groups in total. The van der Waals surface area contributed by atoms with Crippen molar-refractivity contribution in [3.05, 3.63) is 37.1 Å². The molecular weight excluding hydrogens is 376 g/mol. The van der Waals surface area contributed by atoms with E-state index in [-0.39, 0.29) is 6.61 Å². The van der Waals surface area contributed by atoms with Crippen molar-refractivity contribution in [1.82, 2.24) is 0 Å². The molecule has 0 aromatic rings. The molecule has 0 bridgehead atoms. The Morgan fingerprint density at radius 2 is 1.41 bits per heavy atom. The second kappa shape index (κ2) is 11.2. The summed E-state index contributed by atoms with van der Waals surface area (Å²) in [5.41, 5.74) is -0.792. The van der Waals surface area contributed by atoms with Gasteiger partial charge in [0.1, 0.15) is 6.61 Å². The largest absolute Gasteiger partial charge is 0.488 e. The minimum Gasteiger partial charge on any atom is -0.488 e. The van der Waals surface area contributed by atoms with Crippen molar-refractivity contribution < 1.29 is 22.3 Å². The van der Waals surface area contributed by atoms with Gasteiger partial charge in [-0.3, -0.25) is 0 Å². The van der Waals surface area contributed by atoms with Gasteiger partial charge in [-0.15, -0.1) is 0 Å². The molecule has 0 aromatic carbocycles. The first kappa shape index (κ1) is 26.1. The van der Waals surface area contributed by atoms with Crippen LogP contribution in [0.1, 0.15) is 53.4 Å². The van der Waals surface area contributed by atoms with Crippen molar-refractivity contribution in [2.45, 2.75) is 70.5 Å². The second-order valence-electron chi connectivity index (χ2n) is 7.56. The van der Waals surface area contributed by atoms with E-state index >= 15 is 0 Å². The van der Waals surface area contributed by atoms with Gasteiger partial charge in [0.05, 0.1) is 0 Å². The number of hydrogen-bond donors (Lipinski definition) is 1. The van der Waals surface area contributed by atoms with Crippen LogP contribution in [0.25, 0.3) is 0 Å². The van der Waals surface area contributed by atoms with Gasteiger partial charge in [-0.1, -0.05) is 53.5 Å². The molecule has 1 nitrogen and oxygen atoms in total. The van der Waals surface area contributed by atoms with Gasteiger partial charge >= 0.3 is 11.8 Å². The van der Waals surface area contributed by atoms with Crippen molar-refractivity contribution >= 4 is 12.6 Å². The Morgan fingerprint density at radius 3 is 1.85 bits per heavy atom. The van der Waals surface area contributed by atoms with E-state index in [0.717, 1.165) is 12.8 Å². The number of rotatable bonds is 14. The molecule has 0 heterocycles. The Balaban J connectivity index is 4.85. The molecule has 0 fully saturated rings. The number of alkyl halides is 4. The molecule has 0 saturated heterocycles. The fourth-order valence-electron chi connectivity index (χ4n) is 2.70. The summed E-state index contributed by atoms with van der Waals surface area (Å²) in [6, 6.07) is 0. The predicted molar refractivity (Wildman–Crippen MR) is 109 cm³/mol. The van der Waals surface area contributed by atoms with Crippen LogP contribution in [-0.4, -0.2) is 23.7 Å². The normalized spacial score (nSPS) is 16.9. The molecule has 158 valence electrons. The summed E-state index contributed by atoms with van der Waals surface area (Å²) in [4.78, 5) is 0. The molecule has 4 atom stereocenters. The lowest BCUT2D eigenvalue weighted by Crippen LogP contribution is -2.45. The number of thiol groups is 1. The molecule has 0 aliphatic carbocycles. The van der Waals surface area contributed by atoms with Gasteiger partial charge in [-0.2, -0.15) is 30.2 Å². The third-order valence-electron chi connectivity index (χ3n) is 5.18. The Morgan fingerprint density at radius 1 is 0.926 bits per heavy atom. The fourth-order valence-corrected chi connectivity index (χ4v) is 2.85. The first-order valence-corrected chi connectivity index (χ1v) is 9.86. The summed E-state index contributed by atoms with van der Waals surface area (Å²) in [6.45, 7) is 16.9. The van der Waals surface area contributed by atoms with Gasteiger partial charge in [-0.05, 0) is 48.7 Å². The highest BCUT2D eigenvalue weighted by atomic mass is 32.1. The first-order chi connectivity index (χ1) is 12.3. The highest BCUT2D eigenvalue weighted by Gasteiger charge is 2.61. The zero-order valence-electron chi connectivity index (χ0n) is 16.9. The Hall–Kier alpha value is -0.910. The van der Waals surface area contributed by atoms with Crippen LogP contribution in [0.5, 0.6) is 0 Å². The molecule has 0 spiro atoms. The van der Waals surface area contributed by atoms with Crippen molar-refractivity contribution in [2.75, 3.05) is 6.61 Å². The van der Waals surface area contributed by atoms with Crippen LogP contribution in [0, 0.1) is 17.8 Å². The van der Waals surface area contributed by atoms with E-state index in [1.165, 1.54) is 13.0 Å². The highest BCUT2D eigenvalue weighted by Crippen LogP contribution is 2.47. The Labute approximate surface area is 167 Å². The maximum atomic E-state index is 14.4. The van der Waals surface area contributed by atoms with Crippen molar-refractivity contribution in [3.63, 3.8) is 0 Å². The summed E-state index contributed by atoms with van der Waals surface area (Å²) in [5, 5.41) is 0.315. The van der Waals surface area contributed by atoms with Crippen LogP contribution >= 0.6 is 12.6 Å². The number of ether oxygens (including phenoxy) is 1. The average Bonchev–Trinajstić information content (AvgIpc) is 2.60. The Kier molecular flexibility index (Phi) is 10.8. The molecule has 4 unspecified atom stereocenters. The smallest absolute Gasteiger partial charge is 0.369 e. The Bertz CT molecular complexity index is 502. The van der Waals surface area contributed by atoms with Gasteiger partial charge in [-0.25, -0.2) is 0 Å². The topological polar surface area (TPSA) is 9.23 Å².